The summed E-state index contributed by atoms with van der Waals surface area (Å²) in [6.07, 6.45) is -1.43. The first kappa shape index (κ1) is 27.6. The third-order valence-electron chi connectivity index (χ3n) is 6.01. The number of nitrogens with zero attached hydrogens (tertiary/aromatic N) is 4. The largest absolute Gasteiger partial charge is 0.475 e. The molecule has 0 amide bonds. The average molecular weight is 585 g/mol. The zero-order valence-corrected chi connectivity index (χ0v) is 23.9. The van der Waals surface area contributed by atoms with E-state index >= 15 is 4.39 Å². The van der Waals surface area contributed by atoms with Gasteiger partial charge in [0, 0.05) is 9.64 Å². The molecule has 0 bridgehead atoms. The molecule has 5 atom stereocenters. The van der Waals surface area contributed by atoms with Crippen LogP contribution in [0.15, 0.2) is 35.5 Å². The van der Waals surface area contributed by atoms with E-state index in [-0.39, 0.29) is 40.9 Å². The number of phosphoric ester groups is 1. The van der Waals surface area contributed by atoms with Crippen LogP contribution >= 0.6 is 29.4 Å². The van der Waals surface area contributed by atoms with E-state index < -0.39 is 31.9 Å². The van der Waals surface area contributed by atoms with E-state index in [4.69, 9.17) is 29.8 Å². The van der Waals surface area contributed by atoms with Gasteiger partial charge in [-0.05, 0) is 25.0 Å². The number of ether oxygens (including phenoxy) is 1. The summed E-state index contributed by atoms with van der Waals surface area (Å²) in [7, 11) is -0.602. The van der Waals surface area contributed by atoms with E-state index in [0.717, 1.165) is 10.5 Å². The topological polar surface area (TPSA) is 150 Å². The number of rotatable bonds is 7. The maximum absolute atomic E-state index is 16.2. The number of anilines is 2. The summed E-state index contributed by atoms with van der Waals surface area (Å²) >= 11 is 0. The molecule has 4 heterocycles. The number of aromatic nitrogens is 4. The summed E-state index contributed by atoms with van der Waals surface area (Å²) < 4.78 is 53.6. The molecule has 2 saturated heterocycles. The van der Waals surface area contributed by atoms with Gasteiger partial charge in [-0.1, -0.05) is 60.6 Å². The minimum atomic E-state index is -4.05. The first-order chi connectivity index (χ1) is 17.9. The summed E-state index contributed by atoms with van der Waals surface area (Å²) in [6.45, 7) is 7.66. The van der Waals surface area contributed by atoms with Gasteiger partial charge in [-0.3, -0.25) is 18.1 Å². The van der Waals surface area contributed by atoms with Crippen LogP contribution in [0.2, 0.25) is 0 Å². The van der Waals surface area contributed by atoms with Gasteiger partial charge in [0.05, 0.1) is 19.5 Å². The molecular formula is C23H30FN6O5PS2. The number of benzene rings is 1. The predicted molar refractivity (Wildman–Crippen MR) is 145 cm³/mol. The van der Waals surface area contributed by atoms with Crippen LogP contribution in [0.5, 0.6) is 0 Å². The van der Waals surface area contributed by atoms with Crippen LogP contribution in [-0.4, -0.2) is 55.4 Å². The second kappa shape index (κ2) is 10.2. The molecular weight excluding hydrogens is 554 g/mol. The number of imidazole rings is 1. The maximum atomic E-state index is 16.2. The Morgan fingerprint density at radius 1 is 1.29 bits per heavy atom. The average Bonchev–Trinajstić information content (AvgIpc) is 3.36. The number of hydrogen-bond donors (Lipinski definition) is 2. The molecule has 2 aliphatic heterocycles. The van der Waals surface area contributed by atoms with Crippen molar-refractivity contribution in [3.8, 4) is 0 Å². The Labute approximate surface area is 227 Å². The fraction of sp³-hybridized carbons (Fsp3) is 0.522. The number of nitrogen functional groups attached to an aromatic ring is 2. The molecule has 15 heteroatoms. The molecule has 4 N–H and O–H groups in total. The van der Waals surface area contributed by atoms with Crippen LogP contribution < -0.4 is 11.5 Å². The van der Waals surface area contributed by atoms with Gasteiger partial charge in [0.25, 0.3) is 0 Å². The summed E-state index contributed by atoms with van der Waals surface area (Å²) in [5.41, 5.74) is 11.0. The first-order valence-electron chi connectivity index (χ1n) is 12.0. The van der Waals surface area contributed by atoms with Crippen LogP contribution in [0, 0.1) is 0 Å². The lowest BCUT2D eigenvalue weighted by Crippen LogP contribution is -2.44. The molecule has 1 aromatic carbocycles. The Morgan fingerprint density at radius 2 is 2.05 bits per heavy atom. The SMILES string of the molecule is CC(C)(C)SSc1ccccc1CCOP1(=O)OC[C@H]2O[C@@H](n3cnc4c(N)nc(N)nc43)[C@](C)(F)[C@@H]2O1. The molecule has 0 saturated carbocycles. The van der Waals surface area contributed by atoms with E-state index in [1.807, 2.05) is 24.3 Å². The number of nitrogens with two attached hydrogens (primary N) is 2. The summed E-state index contributed by atoms with van der Waals surface area (Å²) in [4.78, 5) is 13.3. The minimum absolute atomic E-state index is 0.0664. The lowest BCUT2D eigenvalue weighted by atomic mass is 9.98. The third kappa shape index (κ3) is 5.53. The molecule has 3 aromatic rings. The monoisotopic (exact) mass is 584 g/mol. The lowest BCUT2D eigenvalue weighted by molar-refractivity contribution is -0.0705. The molecule has 0 radical (unpaired) electrons. The molecule has 38 heavy (non-hydrogen) atoms. The number of halogens is 1. The van der Waals surface area contributed by atoms with Crippen LogP contribution in [0.4, 0.5) is 16.2 Å². The second-order valence-corrected chi connectivity index (χ2v) is 14.8. The van der Waals surface area contributed by atoms with Crippen molar-refractivity contribution in [1.82, 2.24) is 19.5 Å². The normalized spacial score (nSPS) is 29.6. The van der Waals surface area contributed by atoms with Gasteiger partial charge >= 0.3 is 7.82 Å². The Bertz CT molecular complexity index is 1390. The van der Waals surface area contributed by atoms with Gasteiger partial charge in [-0.25, -0.2) is 13.9 Å². The lowest BCUT2D eigenvalue weighted by Gasteiger charge is -2.33. The van der Waals surface area contributed by atoms with Crippen molar-refractivity contribution in [1.29, 1.82) is 0 Å². The van der Waals surface area contributed by atoms with E-state index in [2.05, 4.69) is 35.7 Å². The van der Waals surface area contributed by atoms with Gasteiger partial charge in [-0.15, -0.1) is 0 Å². The molecule has 11 nitrogen and oxygen atoms in total. The molecule has 2 aliphatic rings. The third-order valence-corrected chi connectivity index (χ3v) is 10.9. The van der Waals surface area contributed by atoms with Crippen LogP contribution in [0.1, 0.15) is 39.5 Å². The number of phosphoric acid groups is 1. The zero-order valence-electron chi connectivity index (χ0n) is 21.4. The first-order valence-corrected chi connectivity index (χ1v) is 15.6. The molecule has 206 valence electrons. The van der Waals surface area contributed by atoms with E-state index in [0.29, 0.717) is 6.42 Å². The zero-order chi connectivity index (χ0) is 27.3. The van der Waals surface area contributed by atoms with Crippen molar-refractivity contribution >= 4 is 52.3 Å². The summed E-state index contributed by atoms with van der Waals surface area (Å²) in [6, 6.07) is 7.95. The van der Waals surface area contributed by atoms with Crippen molar-refractivity contribution in [3.63, 3.8) is 0 Å². The van der Waals surface area contributed by atoms with Gasteiger partial charge in [0.1, 0.15) is 17.7 Å². The molecule has 5 rings (SSSR count). The predicted octanol–water partition coefficient (Wildman–Crippen LogP) is 4.94. The van der Waals surface area contributed by atoms with Crippen molar-refractivity contribution in [2.45, 2.75) is 67.9 Å². The Morgan fingerprint density at radius 3 is 2.82 bits per heavy atom. The smallest absolute Gasteiger partial charge is 0.382 e. The van der Waals surface area contributed by atoms with E-state index in [9.17, 15) is 4.57 Å². The molecule has 2 fully saturated rings. The highest BCUT2D eigenvalue weighted by Crippen LogP contribution is 2.59. The van der Waals surface area contributed by atoms with Crippen molar-refractivity contribution in [2.75, 3.05) is 24.7 Å². The van der Waals surface area contributed by atoms with Gasteiger partial charge in [-0.2, -0.15) is 9.97 Å². The van der Waals surface area contributed by atoms with Gasteiger partial charge in [0.15, 0.2) is 23.4 Å². The molecule has 0 aliphatic carbocycles. The molecule has 1 unspecified atom stereocenters. The fourth-order valence-electron chi connectivity index (χ4n) is 4.27. The maximum Gasteiger partial charge on any atom is 0.475 e. The number of hydrogen-bond acceptors (Lipinski definition) is 12. The quantitative estimate of drug-likeness (QED) is 0.286. The van der Waals surface area contributed by atoms with E-state index in [1.165, 1.54) is 17.8 Å². The highest BCUT2D eigenvalue weighted by Gasteiger charge is 2.61. The molecule has 2 aromatic heterocycles. The molecule has 0 spiro atoms. The van der Waals surface area contributed by atoms with Gasteiger partial charge in [0.2, 0.25) is 5.95 Å². The highest BCUT2D eigenvalue weighted by molar-refractivity contribution is 8.77. The highest BCUT2D eigenvalue weighted by atomic mass is 33.1. The summed E-state index contributed by atoms with van der Waals surface area (Å²) in [5, 5.41) is 0. The number of fused-ring (bicyclic) bond motifs is 2. The Kier molecular flexibility index (Phi) is 7.44. The van der Waals surface area contributed by atoms with Crippen LogP contribution in [0.3, 0.4) is 0 Å². The van der Waals surface area contributed by atoms with Crippen LogP contribution in [0.25, 0.3) is 11.2 Å². The summed E-state index contributed by atoms with van der Waals surface area (Å²) in [5.74, 6) is -0.0149. The van der Waals surface area contributed by atoms with Gasteiger partial charge < -0.3 is 16.2 Å². The Hall–Kier alpha value is -1.93. The minimum Gasteiger partial charge on any atom is -0.382 e. The fourth-order valence-corrected chi connectivity index (χ4v) is 7.99. The van der Waals surface area contributed by atoms with Crippen molar-refractivity contribution < 1.29 is 27.3 Å². The second-order valence-electron chi connectivity index (χ2n) is 10.2. The number of alkyl halides is 1. The van der Waals surface area contributed by atoms with Crippen molar-refractivity contribution in [3.05, 3.63) is 36.2 Å². The van der Waals surface area contributed by atoms with E-state index in [1.54, 1.807) is 21.6 Å². The van der Waals surface area contributed by atoms with Crippen molar-refractivity contribution in [2.24, 2.45) is 0 Å². The standard InChI is InChI=1S/C23H30FN6O5PS2/c1-22(2,3)38-37-15-8-6-5-7-13(15)9-10-32-36(31)33-11-14-17(35-36)23(4,24)20(34-14)30-12-27-16-18(25)28-21(26)29-19(16)30/h5-8,12,14,17,20H,9-11H2,1-4H3,(H4,25,26,28,29)/t14-,17-,20-,23-,36?/m1/s1. The Balaban J connectivity index is 1.27. The van der Waals surface area contributed by atoms with Crippen LogP contribution in [-0.2, 0) is 29.3 Å².